The molecule has 2 aromatic rings. The normalized spacial score (nSPS) is 10.4. The van der Waals surface area contributed by atoms with Crippen molar-refractivity contribution >= 4 is 0 Å². The number of phenolic OH excluding ortho intramolecular Hbond substituents is 2. The Bertz CT molecular complexity index is 530. The van der Waals surface area contributed by atoms with Crippen molar-refractivity contribution in [3.63, 3.8) is 0 Å². The van der Waals surface area contributed by atoms with Gasteiger partial charge in [0.25, 0.3) is 0 Å². The molecule has 2 heteroatoms. The molecule has 2 nitrogen and oxygen atoms in total. The molecule has 82 valence electrons. The van der Waals surface area contributed by atoms with Crippen LogP contribution in [0.1, 0.15) is 11.1 Å². The highest BCUT2D eigenvalue weighted by Gasteiger charge is 2.06. The zero-order valence-electron chi connectivity index (χ0n) is 9.36. The summed E-state index contributed by atoms with van der Waals surface area (Å²) >= 11 is 0. The average Bonchev–Trinajstić information content (AvgIpc) is 2.23. The first-order valence-electron chi connectivity index (χ1n) is 5.17. The van der Waals surface area contributed by atoms with E-state index in [2.05, 4.69) is 0 Å². The molecule has 0 atom stereocenters. The zero-order valence-corrected chi connectivity index (χ0v) is 9.36. The summed E-state index contributed by atoms with van der Waals surface area (Å²) in [5.74, 6) is 0.485. The van der Waals surface area contributed by atoms with Crippen LogP contribution in [-0.4, -0.2) is 10.2 Å². The third-order valence-corrected chi connectivity index (χ3v) is 2.81. The zero-order chi connectivity index (χ0) is 11.7. The summed E-state index contributed by atoms with van der Waals surface area (Å²) in [6, 6.07) is 10.5. The molecule has 2 N–H and O–H groups in total. The molecule has 0 aliphatic heterocycles. The summed E-state index contributed by atoms with van der Waals surface area (Å²) in [6.45, 7) is 3.97. The molecule has 0 amide bonds. The molecular formula is C14H14O2. The lowest BCUT2D eigenvalue weighted by Crippen LogP contribution is -1.87. The molecule has 2 rings (SSSR count). The van der Waals surface area contributed by atoms with Gasteiger partial charge in [-0.15, -0.1) is 0 Å². The summed E-state index contributed by atoms with van der Waals surface area (Å²) in [5.41, 5.74) is 4.02. The van der Waals surface area contributed by atoms with E-state index in [9.17, 15) is 10.2 Å². The van der Waals surface area contributed by atoms with Gasteiger partial charge in [0.2, 0.25) is 0 Å². The topological polar surface area (TPSA) is 40.5 Å². The van der Waals surface area contributed by atoms with Crippen molar-refractivity contribution < 1.29 is 10.2 Å². The predicted molar refractivity (Wildman–Crippen MR) is 64.7 cm³/mol. The van der Waals surface area contributed by atoms with Crippen molar-refractivity contribution in [3.8, 4) is 22.6 Å². The average molecular weight is 214 g/mol. The first kappa shape index (κ1) is 10.6. The van der Waals surface area contributed by atoms with Crippen LogP contribution in [0.2, 0.25) is 0 Å². The Morgan fingerprint density at radius 3 is 2.31 bits per heavy atom. The largest absolute Gasteiger partial charge is 0.508 e. The highest BCUT2D eigenvalue weighted by Crippen LogP contribution is 2.31. The van der Waals surface area contributed by atoms with Crippen LogP contribution in [0.15, 0.2) is 36.4 Å². The van der Waals surface area contributed by atoms with Crippen LogP contribution in [0.5, 0.6) is 11.5 Å². The lowest BCUT2D eigenvalue weighted by Gasteiger charge is -2.10. The van der Waals surface area contributed by atoms with Crippen molar-refractivity contribution in [2.75, 3.05) is 0 Å². The van der Waals surface area contributed by atoms with Gasteiger partial charge in [-0.3, -0.25) is 0 Å². The Labute approximate surface area is 94.8 Å². The maximum absolute atomic E-state index is 9.59. The molecule has 0 saturated carbocycles. The Hall–Kier alpha value is -1.96. The number of benzene rings is 2. The molecule has 0 unspecified atom stereocenters. The number of aromatic hydroxyl groups is 2. The molecule has 0 spiro atoms. The minimum Gasteiger partial charge on any atom is -0.508 e. The first-order valence-corrected chi connectivity index (χ1v) is 5.17. The molecule has 0 bridgehead atoms. The van der Waals surface area contributed by atoms with Crippen molar-refractivity contribution in [3.05, 3.63) is 47.5 Å². The number of hydrogen-bond acceptors (Lipinski definition) is 2. The Balaban J connectivity index is 2.64. The van der Waals surface area contributed by atoms with E-state index in [1.165, 1.54) is 0 Å². The predicted octanol–water partition coefficient (Wildman–Crippen LogP) is 3.38. The molecule has 16 heavy (non-hydrogen) atoms. The fourth-order valence-corrected chi connectivity index (χ4v) is 1.81. The maximum atomic E-state index is 9.59. The lowest BCUT2D eigenvalue weighted by atomic mass is 9.96. The fourth-order valence-electron chi connectivity index (χ4n) is 1.81. The third kappa shape index (κ3) is 1.87. The van der Waals surface area contributed by atoms with Crippen molar-refractivity contribution in [1.82, 2.24) is 0 Å². The lowest BCUT2D eigenvalue weighted by molar-refractivity contribution is 0.473. The van der Waals surface area contributed by atoms with Gasteiger partial charge in [0.05, 0.1) is 0 Å². The third-order valence-electron chi connectivity index (χ3n) is 2.81. The minimum absolute atomic E-state index is 0.234. The van der Waals surface area contributed by atoms with Crippen molar-refractivity contribution in [2.45, 2.75) is 13.8 Å². The van der Waals surface area contributed by atoms with E-state index in [1.54, 1.807) is 30.3 Å². The van der Waals surface area contributed by atoms with Crippen LogP contribution in [0.3, 0.4) is 0 Å². The Kier molecular flexibility index (Phi) is 2.57. The van der Waals surface area contributed by atoms with Gasteiger partial charge in [-0.25, -0.2) is 0 Å². The maximum Gasteiger partial charge on any atom is 0.116 e. The fraction of sp³-hybridized carbons (Fsp3) is 0.143. The number of phenols is 2. The monoisotopic (exact) mass is 214 g/mol. The molecular weight excluding hydrogens is 200 g/mol. The van der Waals surface area contributed by atoms with E-state index < -0.39 is 0 Å². The highest BCUT2D eigenvalue weighted by atomic mass is 16.3. The molecule has 0 aliphatic rings. The summed E-state index contributed by atoms with van der Waals surface area (Å²) in [4.78, 5) is 0. The van der Waals surface area contributed by atoms with Crippen LogP contribution < -0.4 is 0 Å². The van der Waals surface area contributed by atoms with Gasteiger partial charge >= 0.3 is 0 Å². The molecule has 0 saturated heterocycles. The quantitative estimate of drug-likeness (QED) is 0.764. The Morgan fingerprint density at radius 2 is 1.62 bits per heavy atom. The first-order chi connectivity index (χ1) is 7.58. The van der Waals surface area contributed by atoms with Crippen LogP contribution in [0, 0.1) is 13.8 Å². The van der Waals surface area contributed by atoms with Crippen molar-refractivity contribution in [2.24, 2.45) is 0 Å². The van der Waals surface area contributed by atoms with Crippen LogP contribution >= 0.6 is 0 Å². The Morgan fingerprint density at radius 1 is 0.875 bits per heavy atom. The van der Waals surface area contributed by atoms with E-state index in [0.717, 1.165) is 22.3 Å². The van der Waals surface area contributed by atoms with Gasteiger partial charge in [0, 0.05) is 0 Å². The highest BCUT2D eigenvalue weighted by molar-refractivity contribution is 5.71. The summed E-state index contributed by atoms with van der Waals surface area (Å²) in [5, 5.41) is 19.0. The van der Waals surface area contributed by atoms with E-state index in [4.69, 9.17) is 0 Å². The second-order valence-corrected chi connectivity index (χ2v) is 3.99. The second kappa shape index (κ2) is 3.89. The molecule has 0 heterocycles. The van der Waals surface area contributed by atoms with Gasteiger partial charge in [-0.2, -0.15) is 0 Å². The number of aryl methyl sites for hydroxylation is 1. The second-order valence-electron chi connectivity index (χ2n) is 3.99. The van der Waals surface area contributed by atoms with Crippen LogP contribution in [-0.2, 0) is 0 Å². The van der Waals surface area contributed by atoms with Gasteiger partial charge in [-0.1, -0.05) is 12.1 Å². The molecule has 0 fully saturated rings. The summed E-state index contributed by atoms with van der Waals surface area (Å²) in [6.07, 6.45) is 0. The standard InChI is InChI=1S/C14H14O2/c1-9-6-13(16)8-14(10(9)2)11-4-3-5-12(15)7-11/h3-8,15-16H,1-2H3. The summed E-state index contributed by atoms with van der Waals surface area (Å²) < 4.78 is 0. The molecule has 0 radical (unpaired) electrons. The van der Waals surface area contributed by atoms with Gasteiger partial charge in [0.1, 0.15) is 11.5 Å². The van der Waals surface area contributed by atoms with Gasteiger partial charge in [0.15, 0.2) is 0 Å². The van der Waals surface area contributed by atoms with E-state index in [1.807, 2.05) is 19.9 Å². The molecule has 2 aromatic carbocycles. The van der Waals surface area contributed by atoms with Crippen LogP contribution in [0.25, 0.3) is 11.1 Å². The smallest absolute Gasteiger partial charge is 0.116 e. The van der Waals surface area contributed by atoms with E-state index in [0.29, 0.717) is 0 Å². The number of hydrogen-bond donors (Lipinski definition) is 2. The molecule has 0 aromatic heterocycles. The minimum atomic E-state index is 0.234. The summed E-state index contributed by atoms with van der Waals surface area (Å²) in [7, 11) is 0. The van der Waals surface area contributed by atoms with Crippen molar-refractivity contribution in [1.29, 1.82) is 0 Å². The van der Waals surface area contributed by atoms with Crippen LogP contribution in [0.4, 0.5) is 0 Å². The van der Waals surface area contributed by atoms with Gasteiger partial charge < -0.3 is 10.2 Å². The van der Waals surface area contributed by atoms with Gasteiger partial charge in [-0.05, 0) is 60.4 Å². The molecule has 0 aliphatic carbocycles. The number of rotatable bonds is 1. The van der Waals surface area contributed by atoms with E-state index >= 15 is 0 Å². The van der Waals surface area contributed by atoms with E-state index in [-0.39, 0.29) is 11.5 Å². The SMILES string of the molecule is Cc1cc(O)cc(-c2cccc(O)c2)c1C.